The number of hydrogen-bond donors (Lipinski definition) is 1. The van der Waals surface area contributed by atoms with Gasteiger partial charge in [-0.05, 0) is 37.1 Å². The Bertz CT molecular complexity index is 615. The lowest BCUT2D eigenvalue weighted by molar-refractivity contribution is -0.133. The SMILES string of the molecule is CC(OCc1ccccc1)C(=O)NC(C)c1cccc(Cl)c1. The van der Waals surface area contributed by atoms with Crippen LogP contribution in [0.5, 0.6) is 0 Å². The Kier molecular flexibility index (Phi) is 5.99. The molecule has 2 aromatic carbocycles. The van der Waals surface area contributed by atoms with Crippen LogP contribution in [-0.4, -0.2) is 12.0 Å². The van der Waals surface area contributed by atoms with Gasteiger partial charge in [-0.15, -0.1) is 0 Å². The van der Waals surface area contributed by atoms with Gasteiger partial charge in [0.25, 0.3) is 0 Å². The van der Waals surface area contributed by atoms with Crippen LogP contribution in [0.1, 0.15) is 31.0 Å². The average molecular weight is 318 g/mol. The molecule has 0 heterocycles. The van der Waals surface area contributed by atoms with E-state index in [0.717, 1.165) is 11.1 Å². The predicted molar refractivity (Wildman–Crippen MR) is 88.7 cm³/mol. The number of hydrogen-bond acceptors (Lipinski definition) is 2. The molecule has 0 bridgehead atoms. The fourth-order valence-electron chi connectivity index (χ4n) is 2.06. The summed E-state index contributed by atoms with van der Waals surface area (Å²) in [6.07, 6.45) is -0.512. The Labute approximate surface area is 136 Å². The highest BCUT2D eigenvalue weighted by Gasteiger charge is 2.16. The molecule has 0 aliphatic rings. The summed E-state index contributed by atoms with van der Waals surface area (Å²) in [5, 5.41) is 3.60. The number of amides is 1. The Morgan fingerprint density at radius 3 is 2.55 bits per heavy atom. The quantitative estimate of drug-likeness (QED) is 0.870. The highest BCUT2D eigenvalue weighted by molar-refractivity contribution is 6.30. The van der Waals surface area contributed by atoms with Gasteiger partial charge in [-0.25, -0.2) is 0 Å². The molecule has 1 N–H and O–H groups in total. The van der Waals surface area contributed by atoms with Crippen molar-refractivity contribution >= 4 is 17.5 Å². The zero-order valence-corrected chi connectivity index (χ0v) is 13.5. The standard InChI is InChI=1S/C18H20ClNO2/c1-13(16-9-6-10-17(19)11-16)20-18(21)14(2)22-12-15-7-4-3-5-8-15/h3-11,13-14H,12H2,1-2H3,(H,20,21). The summed E-state index contributed by atoms with van der Waals surface area (Å²) in [5.74, 6) is -0.136. The van der Waals surface area contributed by atoms with Gasteiger partial charge < -0.3 is 10.1 Å². The monoisotopic (exact) mass is 317 g/mol. The summed E-state index contributed by atoms with van der Waals surface area (Å²) in [6, 6.07) is 17.1. The summed E-state index contributed by atoms with van der Waals surface area (Å²) < 4.78 is 5.61. The van der Waals surface area contributed by atoms with Gasteiger partial charge in [-0.1, -0.05) is 54.1 Å². The molecule has 0 radical (unpaired) electrons. The first-order valence-corrected chi connectivity index (χ1v) is 7.65. The van der Waals surface area contributed by atoms with Crippen molar-refractivity contribution in [2.24, 2.45) is 0 Å². The number of carbonyl (C=O) groups is 1. The molecule has 116 valence electrons. The van der Waals surface area contributed by atoms with Gasteiger partial charge in [-0.2, -0.15) is 0 Å². The normalized spacial score (nSPS) is 13.4. The second-order valence-corrected chi connectivity index (χ2v) is 5.66. The van der Waals surface area contributed by atoms with E-state index in [4.69, 9.17) is 16.3 Å². The van der Waals surface area contributed by atoms with E-state index in [2.05, 4.69) is 5.32 Å². The molecule has 2 aromatic rings. The van der Waals surface area contributed by atoms with Gasteiger partial charge in [0, 0.05) is 5.02 Å². The molecule has 4 heteroatoms. The van der Waals surface area contributed by atoms with E-state index < -0.39 is 6.10 Å². The average Bonchev–Trinajstić information content (AvgIpc) is 2.53. The molecule has 0 saturated carbocycles. The molecule has 0 fully saturated rings. The molecule has 0 aliphatic heterocycles. The lowest BCUT2D eigenvalue weighted by atomic mass is 10.1. The van der Waals surface area contributed by atoms with Gasteiger partial charge in [0.2, 0.25) is 5.91 Å². The van der Waals surface area contributed by atoms with Crippen LogP contribution in [0.25, 0.3) is 0 Å². The summed E-state index contributed by atoms with van der Waals surface area (Å²) in [5.41, 5.74) is 2.01. The first-order chi connectivity index (χ1) is 10.6. The van der Waals surface area contributed by atoms with Gasteiger partial charge in [0.15, 0.2) is 0 Å². The van der Waals surface area contributed by atoms with Crippen LogP contribution in [0.4, 0.5) is 0 Å². The van der Waals surface area contributed by atoms with Crippen LogP contribution >= 0.6 is 11.6 Å². The summed E-state index contributed by atoms with van der Waals surface area (Å²) in [4.78, 5) is 12.2. The number of nitrogens with one attached hydrogen (secondary N) is 1. The Morgan fingerprint density at radius 1 is 1.14 bits per heavy atom. The van der Waals surface area contributed by atoms with E-state index in [1.165, 1.54) is 0 Å². The van der Waals surface area contributed by atoms with Crippen molar-refractivity contribution in [1.29, 1.82) is 0 Å². The molecule has 2 atom stereocenters. The van der Waals surface area contributed by atoms with Crippen molar-refractivity contribution in [2.45, 2.75) is 32.6 Å². The largest absolute Gasteiger partial charge is 0.364 e. The fraction of sp³-hybridized carbons (Fsp3) is 0.278. The maximum absolute atomic E-state index is 12.2. The van der Waals surface area contributed by atoms with Crippen LogP contribution in [-0.2, 0) is 16.1 Å². The Hall–Kier alpha value is -1.84. The zero-order chi connectivity index (χ0) is 15.9. The third kappa shape index (κ3) is 4.86. The molecule has 0 spiro atoms. The summed E-state index contributed by atoms with van der Waals surface area (Å²) in [7, 11) is 0. The minimum absolute atomic E-state index is 0.117. The Morgan fingerprint density at radius 2 is 1.86 bits per heavy atom. The lowest BCUT2D eigenvalue weighted by Crippen LogP contribution is -2.36. The van der Waals surface area contributed by atoms with E-state index in [9.17, 15) is 4.79 Å². The molecule has 0 saturated heterocycles. The number of ether oxygens (including phenoxy) is 1. The Balaban J connectivity index is 1.85. The zero-order valence-electron chi connectivity index (χ0n) is 12.8. The molecular weight excluding hydrogens is 298 g/mol. The van der Waals surface area contributed by atoms with E-state index in [1.807, 2.05) is 61.5 Å². The van der Waals surface area contributed by atoms with Crippen molar-refractivity contribution in [1.82, 2.24) is 5.32 Å². The van der Waals surface area contributed by atoms with Gasteiger partial charge in [0.05, 0.1) is 12.6 Å². The second kappa shape index (κ2) is 7.97. The fourth-order valence-corrected chi connectivity index (χ4v) is 2.26. The third-order valence-electron chi connectivity index (χ3n) is 3.42. The van der Waals surface area contributed by atoms with E-state index in [1.54, 1.807) is 6.92 Å². The minimum Gasteiger partial charge on any atom is -0.364 e. The third-order valence-corrected chi connectivity index (χ3v) is 3.65. The molecule has 1 amide bonds. The van der Waals surface area contributed by atoms with E-state index in [-0.39, 0.29) is 11.9 Å². The number of rotatable bonds is 6. The van der Waals surface area contributed by atoms with Crippen molar-refractivity contribution in [3.63, 3.8) is 0 Å². The van der Waals surface area contributed by atoms with Gasteiger partial charge in [0.1, 0.15) is 6.10 Å². The predicted octanol–water partition coefficient (Wildman–Crippen LogP) is 4.12. The highest BCUT2D eigenvalue weighted by atomic mass is 35.5. The highest BCUT2D eigenvalue weighted by Crippen LogP contribution is 2.17. The topological polar surface area (TPSA) is 38.3 Å². The van der Waals surface area contributed by atoms with Crippen LogP contribution in [0.2, 0.25) is 5.02 Å². The van der Waals surface area contributed by atoms with Crippen molar-refractivity contribution in [3.05, 3.63) is 70.7 Å². The molecule has 22 heavy (non-hydrogen) atoms. The second-order valence-electron chi connectivity index (χ2n) is 5.22. The van der Waals surface area contributed by atoms with Gasteiger partial charge in [-0.3, -0.25) is 4.79 Å². The van der Waals surface area contributed by atoms with Crippen LogP contribution < -0.4 is 5.32 Å². The first kappa shape index (κ1) is 16.5. The summed E-state index contributed by atoms with van der Waals surface area (Å²) >= 11 is 5.97. The van der Waals surface area contributed by atoms with Crippen molar-refractivity contribution in [2.75, 3.05) is 0 Å². The van der Waals surface area contributed by atoms with Gasteiger partial charge >= 0.3 is 0 Å². The maximum Gasteiger partial charge on any atom is 0.249 e. The van der Waals surface area contributed by atoms with E-state index >= 15 is 0 Å². The summed E-state index contributed by atoms with van der Waals surface area (Å²) in [6.45, 7) is 4.09. The molecular formula is C18H20ClNO2. The van der Waals surface area contributed by atoms with Crippen molar-refractivity contribution in [3.8, 4) is 0 Å². The molecule has 2 rings (SSSR count). The number of benzene rings is 2. The number of halogens is 1. The van der Waals surface area contributed by atoms with E-state index in [0.29, 0.717) is 11.6 Å². The van der Waals surface area contributed by atoms with Crippen molar-refractivity contribution < 1.29 is 9.53 Å². The maximum atomic E-state index is 12.2. The molecule has 0 aliphatic carbocycles. The van der Waals surface area contributed by atoms with Crippen LogP contribution in [0.15, 0.2) is 54.6 Å². The minimum atomic E-state index is -0.512. The molecule has 3 nitrogen and oxygen atoms in total. The van der Waals surface area contributed by atoms with Crippen LogP contribution in [0.3, 0.4) is 0 Å². The number of carbonyl (C=O) groups excluding carboxylic acids is 1. The molecule has 0 aromatic heterocycles. The molecule has 2 unspecified atom stereocenters. The smallest absolute Gasteiger partial charge is 0.249 e. The first-order valence-electron chi connectivity index (χ1n) is 7.27. The van der Waals surface area contributed by atoms with Crippen LogP contribution in [0, 0.1) is 0 Å². The lowest BCUT2D eigenvalue weighted by Gasteiger charge is -2.18.